The number of carbonyl (C=O) groups is 1. The normalized spacial score (nSPS) is 10.7. The third-order valence-electron chi connectivity index (χ3n) is 3.19. The largest absolute Gasteiger partial charge is 0.495 e. The Kier molecular flexibility index (Phi) is 5.96. The number of rotatable bonds is 6. The third kappa shape index (κ3) is 5.23. The number of halogens is 2. The van der Waals surface area contributed by atoms with E-state index in [1.807, 2.05) is 6.07 Å². The van der Waals surface area contributed by atoms with Gasteiger partial charge in [-0.1, -0.05) is 23.7 Å². The number of carbonyl (C=O) groups excluding carboxylic acids is 1. The molecule has 0 aliphatic heterocycles. The summed E-state index contributed by atoms with van der Waals surface area (Å²) in [6, 6.07) is 11.4. The fourth-order valence-electron chi connectivity index (χ4n) is 2.19. The maximum Gasteiger partial charge on any atom is 0.238 e. The minimum absolute atomic E-state index is 0.176. The van der Waals surface area contributed by atoms with Gasteiger partial charge in [-0.2, -0.15) is 0 Å². The number of anilines is 1. The van der Waals surface area contributed by atoms with E-state index in [4.69, 9.17) is 16.3 Å². The van der Waals surface area contributed by atoms with Gasteiger partial charge in [-0.25, -0.2) is 4.39 Å². The number of amides is 1. The van der Waals surface area contributed by atoms with Gasteiger partial charge in [-0.05, 0) is 42.9 Å². The summed E-state index contributed by atoms with van der Waals surface area (Å²) in [5.41, 5.74) is 1.41. The van der Waals surface area contributed by atoms with Crippen LogP contribution in [0.15, 0.2) is 42.5 Å². The summed E-state index contributed by atoms with van der Waals surface area (Å²) in [6.07, 6.45) is 0. The van der Waals surface area contributed by atoms with Crippen molar-refractivity contribution in [1.29, 1.82) is 0 Å². The number of methoxy groups -OCH3 is 1. The van der Waals surface area contributed by atoms with Crippen LogP contribution in [0.4, 0.5) is 10.1 Å². The summed E-state index contributed by atoms with van der Waals surface area (Å²) in [5.74, 6) is 0.0891. The van der Waals surface area contributed by atoms with E-state index < -0.39 is 0 Å². The van der Waals surface area contributed by atoms with E-state index in [-0.39, 0.29) is 18.3 Å². The second-order valence-electron chi connectivity index (χ2n) is 5.20. The van der Waals surface area contributed by atoms with Crippen LogP contribution < -0.4 is 10.1 Å². The molecule has 122 valence electrons. The summed E-state index contributed by atoms with van der Waals surface area (Å²) >= 11 is 6.02. The molecule has 0 radical (unpaired) electrons. The van der Waals surface area contributed by atoms with Gasteiger partial charge in [-0.3, -0.25) is 9.69 Å². The first-order valence-corrected chi connectivity index (χ1v) is 7.42. The lowest BCUT2D eigenvalue weighted by molar-refractivity contribution is -0.117. The van der Waals surface area contributed by atoms with E-state index in [9.17, 15) is 9.18 Å². The van der Waals surface area contributed by atoms with Crippen molar-refractivity contribution in [2.45, 2.75) is 6.54 Å². The van der Waals surface area contributed by atoms with Crippen LogP contribution in [0.3, 0.4) is 0 Å². The summed E-state index contributed by atoms with van der Waals surface area (Å²) in [4.78, 5) is 13.8. The topological polar surface area (TPSA) is 41.6 Å². The molecule has 2 aromatic carbocycles. The molecule has 2 rings (SSSR count). The molecule has 0 saturated heterocycles. The number of benzene rings is 2. The second kappa shape index (κ2) is 7.94. The molecule has 0 aliphatic carbocycles. The molecule has 1 amide bonds. The zero-order chi connectivity index (χ0) is 16.8. The molecule has 0 heterocycles. The lowest BCUT2D eigenvalue weighted by Crippen LogP contribution is -2.29. The Morgan fingerprint density at radius 2 is 2.09 bits per heavy atom. The summed E-state index contributed by atoms with van der Waals surface area (Å²) in [5, 5.41) is 3.20. The van der Waals surface area contributed by atoms with Crippen LogP contribution >= 0.6 is 11.6 Å². The van der Waals surface area contributed by atoms with Gasteiger partial charge in [0.2, 0.25) is 5.91 Å². The number of nitrogens with one attached hydrogen (secondary N) is 1. The van der Waals surface area contributed by atoms with Crippen molar-refractivity contribution in [2.24, 2.45) is 0 Å². The van der Waals surface area contributed by atoms with Gasteiger partial charge in [0, 0.05) is 12.2 Å². The van der Waals surface area contributed by atoms with Crippen LogP contribution in [0.1, 0.15) is 5.56 Å². The van der Waals surface area contributed by atoms with Crippen molar-refractivity contribution >= 4 is 23.2 Å². The predicted molar refractivity (Wildman–Crippen MR) is 89.4 cm³/mol. The minimum Gasteiger partial charge on any atom is -0.495 e. The first-order chi connectivity index (χ1) is 11.0. The smallest absolute Gasteiger partial charge is 0.238 e. The summed E-state index contributed by atoms with van der Waals surface area (Å²) < 4.78 is 18.2. The van der Waals surface area contributed by atoms with Crippen molar-refractivity contribution in [3.63, 3.8) is 0 Å². The predicted octanol–water partition coefficient (Wildman–Crippen LogP) is 3.56. The van der Waals surface area contributed by atoms with E-state index in [0.29, 0.717) is 23.0 Å². The van der Waals surface area contributed by atoms with Crippen molar-refractivity contribution < 1.29 is 13.9 Å². The molecule has 0 aromatic heterocycles. The highest BCUT2D eigenvalue weighted by atomic mass is 35.5. The fraction of sp³-hybridized carbons (Fsp3) is 0.235. The van der Waals surface area contributed by atoms with E-state index in [0.717, 1.165) is 5.56 Å². The standard InChI is InChI=1S/C17H18ClFN2O2/c1-21(10-12-4-3-5-13(19)8-12)11-17(22)20-14-6-7-16(23-2)15(18)9-14/h3-9H,10-11H2,1-2H3,(H,20,22). The molecule has 0 unspecified atom stereocenters. The molecule has 23 heavy (non-hydrogen) atoms. The van der Waals surface area contributed by atoms with Gasteiger partial charge in [0.05, 0.1) is 18.7 Å². The minimum atomic E-state index is -0.284. The Hall–Kier alpha value is -2.11. The second-order valence-corrected chi connectivity index (χ2v) is 5.61. The molecule has 0 fully saturated rings. The van der Waals surface area contributed by atoms with Gasteiger partial charge in [0.15, 0.2) is 0 Å². The number of nitrogens with zero attached hydrogens (tertiary/aromatic N) is 1. The summed E-state index contributed by atoms with van der Waals surface area (Å²) in [6.45, 7) is 0.661. The average molecular weight is 337 g/mol. The third-order valence-corrected chi connectivity index (χ3v) is 3.49. The van der Waals surface area contributed by atoms with Gasteiger partial charge in [0.1, 0.15) is 11.6 Å². The van der Waals surface area contributed by atoms with Crippen molar-refractivity contribution in [2.75, 3.05) is 26.0 Å². The van der Waals surface area contributed by atoms with E-state index in [2.05, 4.69) is 5.32 Å². The number of likely N-dealkylation sites (N-methyl/N-ethyl adjacent to an activating group) is 1. The van der Waals surface area contributed by atoms with Crippen LogP contribution in [0.5, 0.6) is 5.75 Å². The maximum atomic E-state index is 13.1. The Labute approximate surface area is 139 Å². The van der Waals surface area contributed by atoms with Gasteiger partial charge in [0.25, 0.3) is 0 Å². The number of ether oxygens (including phenoxy) is 1. The average Bonchev–Trinajstić information content (AvgIpc) is 2.47. The molecular formula is C17H18ClFN2O2. The zero-order valence-electron chi connectivity index (χ0n) is 13.0. The monoisotopic (exact) mass is 336 g/mol. The molecule has 0 aliphatic rings. The molecule has 0 spiro atoms. The molecule has 0 saturated carbocycles. The number of hydrogen-bond donors (Lipinski definition) is 1. The Morgan fingerprint density at radius 1 is 1.30 bits per heavy atom. The lowest BCUT2D eigenvalue weighted by Gasteiger charge is -2.16. The Bertz CT molecular complexity index is 694. The SMILES string of the molecule is COc1ccc(NC(=O)CN(C)Cc2cccc(F)c2)cc1Cl. The fourth-order valence-corrected chi connectivity index (χ4v) is 2.45. The first-order valence-electron chi connectivity index (χ1n) is 7.04. The van der Waals surface area contributed by atoms with Gasteiger partial charge >= 0.3 is 0 Å². The molecule has 2 aromatic rings. The van der Waals surface area contributed by atoms with Gasteiger partial charge < -0.3 is 10.1 Å². The maximum absolute atomic E-state index is 13.1. The van der Waals surface area contributed by atoms with Crippen LogP contribution in [0.25, 0.3) is 0 Å². The van der Waals surface area contributed by atoms with Crippen LogP contribution in [-0.2, 0) is 11.3 Å². The van der Waals surface area contributed by atoms with Crippen LogP contribution in [0, 0.1) is 5.82 Å². The van der Waals surface area contributed by atoms with E-state index >= 15 is 0 Å². The highest BCUT2D eigenvalue weighted by Crippen LogP contribution is 2.27. The van der Waals surface area contributed by atoms with Crippen molar-refractivity contribution in [1.82, 2.24) is 4.90 Å². The molecule has 6 heteroatoms. The quantitative estimate of drug-likeness (QED) is 0.877. The van der Waals surface area contributed by atoms with E-state index in [1.165, 1.54) is 19.2 Å². The van der Waals surface area contributed by atoms with Crippen LogP contribution in [-0.4, -0.2) is 31.5 Å². The van der Waals surface area contributed by atoms with Crippen molar-refractivity contribution in [3.8, 4) is 5.75 Å². The highest BCUT2D eigenvalue weighted by molar-refractivity contribution is 6.32. The first kappa shape index (κ1) is 17.2. The molecule has 1 N–H and O–H groups in total. The van der Waals surface area contributed by atoms with Crippen LogP contribution in [0.2, 0.25) is 5.02 Å². The molecule has 0 bridgehead atoms. The van der Waals surface area contributed by atoms with Crippen molar-refractivity contribution in [3.05, 3.63) is 58.9 Å². The molecule has 4 nitrogen and oxygen atoms in total. The summed E-state index contributed by atoms with van der Waals surface area (Å²) in [7, 11) is 3.33. The molecule has 0 atom stereocenters. The lowest BCUT2D eigenvalue weighted by atomic mass is 10.2. The molecular weight excluding hydrogens is 319 g/mol. The number of hydrogen-bond acceptors (Lipinski definition) is 3. The Balaban J connectivity index is 1.90. The van der Waals surface area contributed by atoms with Gasteiger partial charge in [-0.15, -0.1) is 0 Å². The van der Waals surface area contributed by atoms with E-state index in [1.54, 1.807) is 36.2 Å². The highest BCUT2D eigenvalue weighted by Gasteiger charge is 2.09. The Morgan fingerprint density at radius 3 is 2.74 bits per heavy atom. The zero-order valence-corrected chi connectivity index (χ0v) is 13.7.